The van der Waals surface area contributed by atoms with Crippen LogP contribution in [0.4, 0.5) is 0 Å². The minimum Gasteiger partial charge on any atom is -0.370 e. The van der Waals surface area contributed by atoms with Crippen LogP contribution in [-0.4, -0.2) is 44.4 Å². The molecule has 0 bridgehead atoms. The lowest BCUT2D eigenvalue weighted by atomic mass is 9.90. The fraction of sp³-hybridized carbons (Fsp3) is 0.938. The molecule has 2 atom stereocenters. The van der Waals surface area contributed by atoms with Gasteiger partial charge in [0, 0.05) is 28.0 Å². The van der Waals surface area contributed by atoms with E-state index in [2.05, 4.69) is 54.3 Å². The average molecular weight is 304 g/mol. The summed E-state index contributed by atoms with van der Waals surface area (Å²) in [7, 11) is -2.23. The maximum absolute atomic E-state index is 12.5. The van der Waals surface area contributed by atoms with Gasteiger partial charge in [-0.05, 0) is 51.8 Å². The average Bonchev–Trinajstić information content (AvgIpc) is 2.90. The van der Waals surface area contributed by atoms with Crippen molar-refractivity contribution in [2.75, 3.05) is 12.8 Å². The molecule has 120 valence electrons. The van der Waals surface area contributed by atoms with E-state index in [1.807, 2.05) is 4.31 Å². The number of ether oxygens (including phenoxy) is 1. The lowest BCUT2D eigenvalue weighted by molar-refractivity contribution is -0.0798. The lowest BCUT2D eigenvalue weighted by Gasteiger charge is -2.40. The largest absolute Gasteiger partial charge is 0.370 e. The quantitative estimate of drug-likeness (QED) is 0.729. The minimum absolute atomic E-state index is 0.125. The molecule has 3 nitrogen and oxygen atoms in total. The summed E-state index contributed by atoms with van der Waals surface area (Å²) in [5.41, 5.74) is -0.173. The molecular formula is C16H33NO2S. The van der Waals surface area contributed by atoms with Crippen molar-refractivity contribution in [2.24, 2.45) is 5.41 Å². The van der Waals surface area contributed by atoms with Crippen molar-refractivity contribution < 1.29 is 8.95 Å². The molecule has 0 amide bonds. The van der Waals surface area contributed by atoms with E-state index in [-0.39, 0.29) is 22.7 Å². The molecule has 0 spiro atoms. The van der Waals surface area contributed by atoms with Gasteiger partial charge >= 0.3 is 0 Å². The standard InChI is InChI=1S/C16H33NO2S/c1-13(14(2,3)4)19-16(10-11-16)12-17(15(5,6)7)20(8,9)18/h13H,8,10-12H2,1-7,9H3/t13-,20?/m1/s1. The van der Waals surface area contributed by atoms with Gasteiger partial charge in [-0.1, -0.05) is 20.8 Å². The zero-order valence-electron chi connectivity index (χ0n) is 14.6. The van der Waals surface area contributed by atoms with Gasteiger partial charge in [0.15, 0.2) is 0 Å². The molecule has 4 heteroatoms. The monoisotopic (exact) mass is 303 g/mol. The van der Waals surface area contributed by atoms with Crippen LogP contribution in [0.15, 0.2) is 0 Å². The first-order chi connectivity index (χ1) is 8.67. The zero-order chi connectivity index (χ0) is 16.0. The Morgan fingerprint density at radius 1 is 1.25 bits per heavy atom. The summed E-state index contributed by atoms with van der Waals surface area (Å²) in [6.45, 7) is 15.7. The Hall–Kier alpha value is -0.0600. The van der Waals surface area contributed by atoms with Gasteiger partial charge in [0.25, 0.3) is 0 Å². The van der Waals surface area contributed by atoms with Gasteiger partial charge in [-0.3, -0.25) is 4.21 Å². The van der Waals surface area contributed by atoms with Gasteiger partial charge in [0.1, 0.15) is 0 Å². The van der Waals surface area contributed by atoms with Gasteiger partial charge in [0.05, 0.1) is 11.7 Å². The summed E-state index contributed by atoms with van der Waals surface area (Å²) in [5, 5.41) is 0. The Kier molecular flexibility index (Phi) is 4.76. The van der Waals surface area contributed by atoms with Crippen LogP contribution in [0.3, 0.4) is 0 Å². The maximum atomic E-state index is 12.5. The number of hydrogen-bond acceptors (Lipinski definition) is 2. The van der Waals surface area contributed by atoms with E-state index in [1.54, 1.807) is 6.26 Å². The normalized spacial score (nSPS) is 23.4. The SMILES string of the molecule is C=S(C)(=O)N(CC1(O[C@H](C)C(C)(C)C)CC1)C(C)(C)C. The smallest absolute Gasteiger partial charge is 0.0825 e. The number of rotatable bonds is 5. The summed E-state index contributed by atoms with van der Waals surface area (Å²) >= 11 is 0. The third kappa shape index (κ3) is 4.74. The highest BCUT2D eigenvalue weighted by Crippen LogP contribution is 2.44. The first-order valence-corrected chi connectivity index (χ1v) is 9.54. The maximum Gasteiger partial charge on any atom is 0.0825 e. The molecule has 0 heterocycles. The molecule has 0 aliphatic heterocycles. The van der Waals surface area contributed by atoms with Gasteiger partial charge in [-0.25, -0.2) is 4.31 Å². The van der Waals surface area contributed by atoms with Crippen LogP contribution in [0.5, 0.6) is 0 Å². The van der Waals surface area contributed by atoms with Crippen molar-refractivity contribution in [3.05, 3.63) is 0 Å². The lowest BCUT2D eigenvalue weighted by Crippen LogP contribution is -2.50. The second-order valence-electron chi connectivity index (χ2n) is 8.48. The number of hydrogen-bond donors (Lipinski definition) is 0. The molecule has 1 saturated carbocycles. The van der Waals surface area contributed by atoms with E-state index >= 15 is 0 Å². The van der Waals surface area contributed by atoms with Gasteiger partial charge < -0.3 is 4.74 Å². The van der Waals surface area contributed by atoms with Crippen LogP contribution in [0, 0.1) is 5.41 Å². The molecule has 1 unspecified atom stereocenters. The van der Waals surface area contributed by atoms with Crippen molar-refractivity contribution in [3.63, 3.8) is 0 Å². The van der Waals surface area contributed by atoms with E-state index < -0.39 is 9.71 Å². The summed E-state index contributed by atoms with van der Waals surface area (Å²) in [5.74, 6) is 3.88. The highest BCUT2D eigenvalue weighted by molar-refractivity contribution is 7.97. The Morgan fingerprint density at radius 2 is 1.70 bits per heavy atom. The van der Waals surface area contributed by atoms with E-state index in [1.165, 1.54) is 0 Å². The molecule has 0 aromatic carbocycles. The van der Waals surface area contributed by atoms with E-state index in [0.29, 0.717) is 6.54 Å². The predicted molar refractivity (Wildman–Crippen MR) is 89.6 cm³/mol. The molecule has 0 saturated heterocycles. The Bertz CT molecular complexity index is 436. The molecule has 0 N–H and O–H groups in total. The molecule has 0 aromatic rings. The van der Waals surface area contributed by atoms with Crippen LogP contribution < -0.4 is 0 Å². The Balaban J connectivity index is 2.85. The molecule has 1 aliphatic rings. The zero-order valence-corrected chi connectivity index (χ0v) is 15.4. The molecule has 0 radical (unpaired) electrons. The van der Waals surface area contributed by atoms with Crippen molar-refractivity contribution in [2.45, 2.75) is 78.6 Å². The van der Waals surface area contributed by atoms with E-state index in [0.717, 1.165) is 12.8 Å². The number of nitrogens with zero attached hydrogens (tertiary/aromatic N) is 1. The highest BCUT2D eigenvalue weighted by Gasteiger charge is 2.49. The fourth-order valence-corrected chi connectivity index (χ4v) is 3.89. The van der Waals surface area contributed by atoms with Crippen molar-refractivity contribution in [3.8, 4) is 0 Å². The van der Waals surface area contributed by atoms with Crippen LogP contribution >= 0.6 is 0 Å². The molecule has 1 fully saturated rings. The van der Waals surface area contributed by atoms with Gasteiger partial charge in [-0.2, -0.15) is 0 Å². The predicted octanol–water partition coefficient (Wildman–Crippen LogP) is 3.33. The first-order valence-electron chi connectivity index (χ1n) is 7.45. The van der Waals surface area contributed by atoms with E-state index in [4.69, 9.17) is 4.74 Å². The highest BCUT2D eigenvalue weighted by atomic mass is 32.2. The van der Waals surface area contributed by atoms with Crippen LogP contribution in [-0.2, 0) is 14.4 Å². The van der Waals surface area contributed by atoms with Crippen LogP contribution in [0.25, 0.3) is 0 Å². The van der Waals surface area contributed by atoms with Gasteiger partial charge in [-0.15, -0.1) is 0 Å². The Labute approximate surface area is 126 Å². The second kappa shape index (κ2) is 5.29. The first kappa shape index (κ1) is 18.0. The third-order valence-electron chi connectivity index (χ3n) is 4.10. The molecule has 1 rings (SSSR count). The molecule has 1 aliphatic carbocycles. The Morgan fingerprint density at radius 3 is 1.95 bits per heavy atom. The van der Waals surface area contributed by atoms with Crippen molar-refractivity contribution >= 4 is 15.6 Å². The molecular weight excluding hydrogens is 270 g/mol. The van der Waals surface area contributed by atoms with Crippen molar-refractivity contribution in [1.29, 1.82) is 0 Å². The molecule has 0 aromatic heterocycles. The summed E-state index contributed by atoms with van der Waals surface area (Å²) in [6, 6.07) is 0. The van der Waals surface area contributed by atoms with Crippen LogP contribution in [0.1, 0.15) is 61.3 Å². The van der Waals surface area contributed by atoms with Gasteiger partial charge in [0.2, 0.25) is 0 Å². The summed E-state index contributed by atoms with van der Waals surface area (Å²) in [6.07, 6.45) is 4.01. The topological polar surface area (TPSA) is 29.5 Å². The molecule has 20 heavy (non-hydrogen) atoms. The summed E-state index contributed by atoms with van der Waals surface area (Å²) in [4.78, 5) is 0. The van der Waals surface area contributed by atoms with Crippen LogP contribution in [0.2, 0.25) is 0 Å². The fourth-order valence-electron chi connectivity index (χ4n) is 2.22. The minimum atomic E-state index is -2.23. The van der Waals surface area contributed by atoms with Crippen molar-refractivity contribution in [1.82, 2.24) is 4.31 Å². The summed E-state index contributed by atoms with van der Waals surface area (Å²) < 4.78 is 20.8. The third-order valence-corrected chi connectivity index (χ3v) is 5.71. The second-order valence-corrected chi connectivity index (χ2v) is 10.8. The van der Waals surface area contributed by atoms with E-state index in [9.17, 15) is 4.21 Å².